The Morgan fingerprint density at radius 2 is 2.27 bits per heavy atom. The van der Waals surface area contributed by atoms with Crippen LogP contribution in [0.1, 0.15) is 24.8 Å². The molecule has 2 aromatic rings. The molecule has 0 spiro atoms. The van der Waals surface area contributed by atoms with Crippen LogP contribution in [0, 0.1) is 0 Å². The van der Waals surface area contributed by atoms with E-state index in [1.54, 1.807) is 0 Å². The molecule has 0 unspecified atom stereocenters. The molecule has 0 amide bonds. The molecular weight excluding hydrogens is 186 g/mol. The molecule has 0 aliphatic heterocycles. The van der Waals surface area contributed by atoms with Gasteiger partial charge >= 0.3 is 0 Å². The Morgan fingerprint density at radius 3 is 3.00 bits per heavy atom. The summed E-state index contributed by atoms with van der Waals surface area (Å²) in [6.45, 7) is 0.768. The van der Waals surface area contributed by atoms with Gasteiger partial charge in [0.2, 0.25) is 0 Å². The van der Waals surface area contributed by atoms with Crippen LogP contribution in [0.2, 0.25) is 0 Å². The van der Waals surface area contributed by atoms with Gasteiger partial charge in [-0.1, -0.05) is 6.07 Å². The van der Waals surface area contributed by atoms with Crippen LogP contribution in [0.4, 0.5) is 0 Å². The van der Waals surface area contributed by atoms with Gasteiger partial charge in [-0.3, -0.25) is 0 Å². The molecule has 1 aliphatic rings. The van der Waals surface area contributed by atoms with Crippen LogP contribution in [0.25, 0.3) is 5.52 Å². The summed E-state index contributed by atoms with van der Waals surface area (Å²) >= 11 is 0. The summed E-state index contributed by atoms with van der Waals surface area (Å²) in [6, 6.07) is 6.21. The average Bonchev–Trinajstić information content (AvgIpc) is 2.91. The maximum Gasteiger partial charge on any atom is 0.0699 e. The van der Waals surface area contributed by atoms with Crippen molar-refractivity contribution in [3.63, 3.8) is 0 Å². The first-order valence-electron chi connectivity index (χ1n) is 5.49. The van der Waals surface area contributed by atoms with Gasteiger partial charge in [-0.15, -0.1) is 0 Å². The Labute approximate surface area is 88.9 Å². The van der Waals surface area contributed by atoms with Crippen molar-refractivity contribution in [2.75, 3.05) is 6.54 Å². The molecule has 2 N–H and O–H groups in total. The van der Waals surface area contributed by atoms with Gasteiger partial charge in [0.15, 0.2) is 0 Å². The summed E-state index contributed by atoms with van der Waals surface area (Å²) in [5, 5.41) is 4.38. The fraction of sp³-hybridized carbons (Fsp3) is 0.417. The lowest BCUT2D eigenvalue weighted by molar-refractivity contribution is 0.633. The number of rotatable bonds is 3. The summed E-state index contributed by atoms with van der Waals surface area (Å²) in [5.41, 5.74) is 8.64. The van der Waals surface area contributed by atoms with E-state index in [0.717, 1.165) is 13.0 Å². The second kappa shape index (κ2) is 3.07. The van der Waals surface area contributed by atoms with Gasteiger partial charge in [-0.2, -0.15) is 5.10 Å². The van der Waals surface area contributed by atoms with Crippen molar-refractivity contribution in [3.8, 4) is 0 Å². The molecule has 1 fully saturated rings. The zero-order valence-electron chi connectivity index (χ0n) is 8.69. The third kappa shape index (κ3) is 1.27. The molecule has 3 nitrogen and oxygen atoms in total. The molecule has 3 rings (SSSR count). The second-order valence-electron chi connectivity index (χ2n) is 4.41. The molecule has 0 aromatic carbocycles. The molecule has 1 aliphatic carbocycles. The van der Waals surface area contributed by atoms with E-state index in [9.17, 15) is 0 Å². The van der Waals surface area contributed by atoms with Crippen LogP contribution in [0.3, 0.4) is 0 Å². The number of nitrogens with two attached hydrogens (primary N) is 1. The molecule has 1 saturated carbocycles. The third-order valence-corrected chi connectivity index (χ3v) is 3.47. The summed E-state index contributed by atoms with van der Waals surface area (Å²) in [7, 11) is 0. The smallest absolute Gasteiger partial charge is 0.0699 e. The van der Waals surface area contributed by atoms with E-state index < -0.39 is 0 Å². The SMILES string of the molecule is NCCC1(c2cnn3ccccc23)CC1. The number of hydrogen-bond acceptors (Lipinski definition) is 2. The van der Waals surface area contributed by atoms with Gasteiger partial charge in [0, 0.05) is 17.2 Å². The standard InChI is InChI=1S/C12H15N3/c13-7-6-12(4-5-12)10-9-14-15-8-2-1-3-11(10)15/h1-3,8-9H,4-7,13H2. The van der Waals surface area contributed by atoms with E-state index in [-0.39, 0.29) is 0 Å². The maximum atomic E-state index is 5.68. The van der Waals surface area contributed by atoms with Gasteiger partial charge in [0.05, 0.1) is 11.7 Å². The molecule has 78 valence electrons. The largest absolute Gasteiger partial charge is 0.330 e. The van der Waals surface area contributed by atoms with Gasteiger partial charge in [0.25, 0.3) is 0 Å². The molecule has 0 saturated heterocycles. The fourth-order valence-electron chi connectivity index (χ4n) is 2.42. The molecule has 0 radical (unpaired) electrons. The third-order valence-electron chi connectivity index (χ3n) is 3.47. The minimum absolute atomic E-state index is 0.345. The molecular formula is C12H15N3. The highest BCUT2D eigenvalue weighted by molar-refractivity contribution is 5.58. The van der Waals surface area contributed by atoms with Gasteiger partial charge in [-0.05, 0) is 37.9 Å². The summed E-state index contributed by atoms with van der Waals surface area (Å²) in [4.78, 5) is 0. The van der Waals surface area contributed by atoms with Crippen molar-refractivity contribution in [1.29, 1.82) is 0 Å². The van der Waals surface area contributed by atoms with Crippen LogP contribution in [0.15, 0.2) is 30.6 Å². The van der Waals surface area contributed by atoms with Crippen LogP contribution in [0.5, 0.6) is 0 Å². The lowest BCUT2D eigenvalue weighted by Crippen LogP contribution is -2.13. The van der Waals surface area contributed by atoms with E-state index in [0.29, 0.717) is 5.41 Å². The second-order valence-corrected chi connectivity index (χ2v) is 4.41. The minimum Gasteiger partial charge on any atom is -0.330 e. The highest BCUT2D eigenvalue weighted by Gasteiger charge is 2.45. The van der Waals surface area contributed by atoms with Crippen molar-refractivity contribution in [3.05, 3.63) is 36.2 Å². The Bertz CT molecular complexity index is 482. The van der Waals surface area contributed by atoms with Gasteiger partial charge in [-0.25, -0.2) is 4.52 Å². The van der Waals surface area contributed by atoms with E-state index in [1.165, 1.54) is 23.9 Å². The number of hydrogen-bond donors (Lipinski definition) is 1. The molecule has 2 heterocycles. The van der Waals surface area contributed by atoms with Gasteiger partial charge < -0.3 is 5.73 Å². The Kier molecular flexibility index (Phi) is 1.83. The van der Waals surface area contributed by atoms with Crippen LogP contribution >= 0.6 is 0 Å². The number of pyridine rings is 1. The van der Waals surface area contributed by atoms with Crippen molar-refractivity contribution in [1.82, 2.24) is 9.61 Å². The molecule has 0 bridgehead atoms. The summed E-state index contributed by atoms with van der Waals surface area (Å²) in [6.07, 6.45) is 7.62. The van der Waals surface area contributed by atoms with Crippen molar-refractivity contribution in [2.24, 2.45) is 5.73 Å². The first-order chi connectivity index (χ1) is 7.36. The Balaban J connectivity index is 2.11. The van der Waals surface area contributed by atoms with Crippen molar-refractivity contribution < 1.29 is 0 Å². The lowest BCUT2D eigenvalue weighted by Gasteiger charge is -2.11. The quantitative estimate of drug-likeness (QED) is 0.821. The van der Waals surface area contributed by atoms with E-state index >= 15 is 0 Å². The monoisotopic (exact) mass is 201 g/mol. The Morgan fingerprint density at radius 1 is 1.40 bits per heavy atom. The van der Waals surface area contributed by atoms with Crippen molar-refractivity contribution in [2.45, 2.75) is 24.7 Å². The predicted molar refractivity (Wildman–Crippen MR) is 59.8 cm³/mol. The lowest BCUT2D eigenvalue weighted by atomic mass is 9.94. The molecule has 3 heteroatoms. The first kappa shape index (κ1) is 8.92. The Hall–Kier alpha value is -1.35. The van der Waals surface area contributed by atoms with Crippen LogP contribution in [-0.2, 0) is 5.41 Å². The normalized spacial score (nSPS) is 18.2. The summed E-state index contributed by atoms with van der Waals surface area (Å²) in [5.74, 6) is 0. The highest BCUT2D eigenvalue weighted by atomic mass is 15.2. The topological polar surface area (TPSA) is 43.3 Å². The summed E-state index contributed by atoms with van der Waals surface area (Å²) < 4.78 is 1.95. The highest BCUT2D eigenvalue weighted by Crippen LogP contribution is 2.51. The first-order valence-corrected chi connectivity index (χ1v) is 5.49. The zero-order chi connectivity index (χ0) is 10.3. The number of nitrogens with zero attached hydrogens (tertiary/aromatic N) is 2. The molecule has 15 heavy (non-hydrogen) atoms. The zero-order valence-corrected chi connectivity index (χ0v) is 8.69. The number of aromatic nitrogens is 2. The van der Waals surface area contributed by atoms with E-state index in [1.807, 2.05) is 23.0 Å². The maximum absolute atomic E-state index is 5.68. The molecule has 0 atom stereocenters. The average molecular weight is 201 g/mol. The fourth-order valence-corrected chi connectivity index (χ4v) is 2.42. The van der Waals surface area contributed by atoms with E-state index in [4.69, 9.17) is 5.73 Å². The predicted octanol–water partition coefficient (Wildman–Crippen LogP) is 1.71. The minimum atomic E-state index is 0.345. The molecule has 2 aromatic heterocycles. The van der Waals surface area contributed by atoms with Crippen molar-refractivity contribution >= 4 is 5.52 Å². The van der Waals surface area contributed by atoms with E-state index in [2.05, 4.69) is 17.2 Å². The van der Waals surface area contributed by atoms with Crippen LogP contribution in [-0.4, -0.2) is 16.2 Å². The van der Waals surface area contributed by atoms with Crippen LogP contribution < -0.4 is 5.73 Å². The number of fused-ring (bicyclic) bond motifs is 1. The van der Waals surface area contributed by atoms with Gasteiger partial charge in [0.1, 0.15) is 0 Å².